The number of aliphatic hydroxyl groups excluding tert-OH is 2. The van der Waals surface area contributed by atoms with Crippen molar-refractivity contribution >= 4 is 33.1 Å². The highest BCUT2D eigenvalue weighted by molar-refractivity contribution is 7.91. The third-order valence-corrected chi connectivity index (χ3v) is 9.81. The van der Waals surface area contributed by atoms with Crippen LogP contribution in [0.1, 0.15) is 55.8 Å². The van der Waals surface area contributed by atoms with Gasteiger partial charge in [0.05, 0.1) is 35.0 Å². The molecule has 1 aliphatic heterocycles. The van der Waals surface area contributed by atoms with Gasteiger partial charge in [0.2, 0.25) is 0 Å². The average molecular weight is 529 g/mol. The van der Waals surface area contributed by atoms with Crippen LogP contribution in [0.15, 0.2) is 41.3 Å². The topological polar surface area (TPSA) is 132 Å². The number of sulfone groups is 1. The highest BCUT2D eigenvalue weighted by atomic mass is 32.2. The van der Waals surface area contributed by atoms with Crippen LogP contribution in [0.3, 0.4) is 0 Å². The van der Waals surface area contributed by atoms with Gasteiger partial charge in [-0.2, -0.15) is 0 Å². The molecule has 1 saturated heterocycles. The molecule has 9 nitrogen and oxygen atoms in total. The molecule has 2 aromatic rings. The van der Waals surface area contributed by atoms with Crippen molar-refractivity contribution < 1.29 is 23.4 Å². The van der Waals surface area contributed by atoms with Crippen LogP contribution in [-0.4, -0.2) is 67.1 Å². The lowest BCUT2D eigenvalue weighted by atomic mass is 9.93. The molecule has 1 amide bonds. The minimum atomic E-state index is -3.40. The molecule has 2 heterocycles. The first-order valence-corrected chi connectivity index (χ1v) is 14.7. The number of nitrogens with zero attached hydrogens (tertiary/aromatic N) is 2. The van der Waals surface area contributed by atoms with Crippen LogP contribution in [0.5, 0.6) is 0 Å². The molecule has 37 heavy (non-hydrogen) atoms. The number of aromatic nitrogens is 1. The third kappa shape index (κ3) is 5.91. The van der Waals surface area contributed by atoms with Crippen molar-refractivity contribution in [2.45, 2.75) is 55.9 Å². The van der Waals surface area contributed by atoms with Gasteiger partial charge in [0.1, 0.15) is 11.6 Å². The quantitative estimate of drug-likeness (QED) is 0.370. The van der Waals surface area contributed by atoms with Crippen molar-refractivity contribution in [2.24, 2.45) is 11.3 Å². The lowest BCUT2D eigenvalue weighted by Gasteiger charge is -2.34. The molecular weight excluding hydrogens is 492 g/mol. The molecule has 3 aliphatic rings. The van der Waals surface area contributed by atoms with Crippen LogP contribution >= 0.6 is 0 Å². The Hall–Kier alpha value is -2.69. The van der Waals surface area contributed by atoms with Crippen molar-refractivity contribution in [3.05, 3.63) is 42.0 Å². The molecule has 200 valence electrons. The van der Waals surface area contributed by atoms with E-state index in [9.17, 15) is 23.4 Å². The summed E-state index contributed by atoms with van der Waals surface area (Å²) in [5.74, 6) is 1.00. The van der Waals surface area contributed by atoms with Gasteiger partial charge in [0.25, 0.3) is 5.91 Å². The zero-order valence-electron chi connectivity index (χ0n) is 21.2. The molecule has 0 atom stereocenters. The van der Waals surface area contributed by atoms with Gasteiger partial charge in [-0.25, -0.2) is 13.4 Å². The summed E-state index contributed by atoms with van der Waals surface area (Å²) in [7, 11) is -3.40. The summed E-state index contributed by atoms with van der Waals surface area (Å²) in [6.07, 6.45) is 6.52. The molecule has 10 heteroatoms. The van der Waals surface area contributed by atoms with Gasteiger partial charge in [-0.3, -0.25) is 4.79 Å². The highest BCUT2D eigenvalue weighted by Gasteiger charge is 2.45. The molecular formula is C27H36N4O5S. The van der Waals surface area contributed by atoms with Crippen molar-refractivity contribution in [3.63, 3.8) is 0 Å². The van der Waals surface area contributed by atoms with Gasteiger partial charge in [-0.1, -0.05) is 6.07 Å². The first-order chi connectivity index (χ1) is 17.6. The molecule has 5 rings (SSSR count). The minimum absolute atomic E-state index is 0.143. The normalized spacial score (nSPS) is 19.1. The van der Waals surface area contributed by atoms with Crippen molar-refractivity contribution in [2.75, 3.05) is 47.6 Å². The van der Waals surface area contributed by atoms with Crippen LogP contribution in [0.2, 0.25) is 0 Å². The number of rotatable bonds is 10. The SMILES string of the molecule is CC(CO)(CO)Nc1ccc(C(=O)Nc2cccc(S(=O)(=O)CC3CC3)c2)c(N2CCC3(CC2)CC3)n1. The number of hydrogen-bond acceptors (Lipinski definition) is 8. The molecule has 3 fully saturated rings. The van der Waals surface area contributed by atoms with E-state index < -0.39 is 15.4 Å². The van der Waals surface area contributed by atoms with E-state index in [0.29, 0.717) is 28.3 Å². The number of amides is 1. The number of aliphatic hydroxyl groups is 2. The average Bonchev–Trinajstić information content (AvgIpc) is 3.83. The monoisotopic (exact) mass is 528 g/mol. The van der Waals surface area contributed by atoms with E-state index in [2.05, 4.69) is 15.5 Å². The van der Waals surface area contributed by atoms with Crippen molar-refractivity contribution in [1.29, 1.82) is 0 Å². The molecule has 4 N–H and O–H groups in total. The van der Waals surface area contributed by atoms with Crippen LogP contribution in [0.25, 0.3) is 0 Å². The fraction of sp³-hybridized carbons (Fsp3) is 0.556. The third-order valence-electron chi connectivity index (χ3n) is 7.93. The number of carbonyl (C=O) groups is 1. The zero-order chi connectivity index (χ0) is 26.3. The smallest absolute Gasteiger partial charge is 0.259 e. The molecule has 0 radical (unpaired) electrons. The number of nitrogens with one attached hydrogen (secondary N) is 2. The summed E-state index contributed by atoms with van der Waals surface area (Å²) >= 11 is 0. The van der Waals surface area contributed by atoms with Crippen LogP contribution in [-0.2, 0) is 9.84 Å². The maximum Gasteiger partial charge on any atom is 0.259 e. The number of pyridine rings is 1. The van der Waals surface area contributed by atoms with E-state index in [1.165, 1.54) is 18.9 Å². The highest BCUT2D eigenvalue weighted by Crippen LogP contribution is 2.54. The maximum atomic E-state index is 13.4. The van der Waals surface area contributed by atoms with E-state index in [0.717, 1.165) is 38.8 Å². The fourth-order valence-corrected chi connectivity index (χ4v) is 6.64. The Morgan fingerprint density at radius 3 is 2.43 bits per heavy atom. The molecule has 0 unspecified atom stereocenters. The summed E-state index contributed by atoms with van der Waals surface area (Å²) in [5, 5.41) is 25.4. The number of benzene rings is 1. The Morgan fingerprint density at radius 2 is 1.81 bits per heavy atom. The van der Waals surface area contributed by atoms with E-state index >= 15 is 0 Å². The first-order valence-electron chi connectivity index (χ1n) is 13.0. The van der Waals surface area contributed by atoms with E-state index in [-0.39, 0.29) is 35.7 Å². The standard InChI is InChI=1S/C27H36N4O5S/c1-26(17-32,18-33)30-23-8-7-22(24(29-23)31-13-11-27(9-10-27)12-14-31)25(34)28-20-3-2-4-21(15-20)37(35,36)16-19-5-6-19/h2-4,7-8,15,19,32-33H,5-6,9-14,16-18H2,1H3,(H,28,34)(H,29,30). The predicted octanol–water partition coefficient (Wildman–Crippen LogP) is 3.05. The van der Waals surface area contributed by atoms with Gasteiger partial charge < -0.3 is 25.7 Å². The van der Waals surface area contributed by atoms with E-state index in [1.807, 2.05) is 0 Å². The van der Waals surface area contributed by atoms with Gasteiger partial charge in [0.15, 0.2) is 9.84 Å². The molecule has 0 bridgehead atoms. The Morgan fingerprint density at radius 1 is 1.11 bits per heavy atom. The molecule has 1 spiro atoms. The maximum absolute atomic E-state index is 13.4. The van der Waals surface area contributed by atoms with E-state index in [4.69, 9.17) is 4.98 Å². The number of anilines is 3. The minimum Gasteiger partial charge on any atom is -0.394 e. The van der Waals surface area contributed by atoms with Crippen LogP contribution in [0.4, 0.5) is 17.3 Å². The zero-order valence-corrected chi connectivity index (χ0v) is 22.1. The van der Waals surface area contributed by atoms with Crippen LogP contribution in [0, 0.1) is 11.3 Å². The summed E-state index contributed by atoms with van der Waals surface area (Å²) in [6.45, 7) is 2.72. The summed E-state index contributed by atoms with van der Waals surface area (Å²) < 4.78 is 25.5. The van der Waals surface area contributed by atoms with Crippen LogP contribution < -0.4 is 15.5 Å². The lowest BCUT2D eigenvalue weighted by Crippen LogP contribution is -2.43. The van der Waals surface area contributed by atoms with Gasteiger partial charge >= 0.3 is 0 Å². The summed E-state index contributed by atoms with van der Waals surface area (Å²) in [5.41, 5.74) is 0.297. The summed E-state index contributed by atoms with van der Waals surface area (Å²) in [6, 6.07) is 9.76. The Labute approximate surface area is 218 Å². The van der Waals surface area contributed by atoms with Gasteiger partial charge in [-0.15, -0.1) is 0 Å². The fourth-order valence-electron chi connectivity index (χ4n) is 4.90. The van der Waals surface area contributed by atoms with Crippen molar-refractivity contribution in [1.82, 2.24) is 4.98 Å². The predicted molar refractivity (Wildman–Crippen MR) is 143 cm³/mol. The molecule has 2 aliphatic carbocycles. The van der Waals surface area contributed by atoms with Gasteiger partial charge in [-0.05, 0) is 87.1 Å². The number of carbonyl (C=O) groups excluding carboxylic acids is 1. The first kappa shape index (κ1) is 25.9. The van der Waals surface area contributed by atoms with Gasteiger partial charge in [0, 0.05) is 18.8 Å². The van der Waals surface area contributed by atoms with Crippen molar-refractivity contribution in [3.8, 4) is 0 Å². The Kier molecular flexibility index (Phi) is 6.93. The van der Waals surface area contributed by atoms with E-state index in [1.54, 1.807) is 37.3 Å². The number of piperidine rings is 1. The summed E-state index contributed by atoms with van der Waals surface area (Å²) in [4.78, 5) is 20.5. The molecule has 1 aromatic heterocycles. The second kappa shape index (κ2) is 9.89. The largest absolute Gasteiger partial charge is 0.394 e. The lowest BCUT2D eigenvalue weighted by molar-refractivity contribution is 0.102. The second-order valence-electron chi connectivity index (χ2n) is 11.3. The number of hydrogen-bond donors (Lipinski definition) is 4. The Bertz CT molecular complexity index is 1260. The Balaban J connectivity index is 1.40. The molecule has 1 aromatic carbocycles. The second-order valence-corrected chi connectivity index (χ2v) is 13.3. The molecule has 2 saturated carbocycles.